The fraction of sp³-hybridized carbons (Fsp3) is 0.964. The second-order valence-electron chi connectivity index (χ2n) is 12.4. The summed E-state index contributed by atoms with van der Waals surface area (Å²) >= 11 is 1.41. The predicted molar refractivity (Wildman–Crippen MR) is 159 cm³/mol. The summed E-state index contributed by atoms with van der Waals surface area (Å²) in [5.41, 5.74) is 0.327. The molecule has 1 rings (SSSR count). The molecule has 6 nitrogen and oxygen atoms in total. The van der Waals surface area contributed by atoms with Crippen molar-refractivity contribution in [3.05, 3.63) is 0 Å². The van der Waals surface area contributed by atoms with Crippen molar-refractivity contribution in [3.63, 3.8) is 0 Å². The zero-order chi connectivity index (χ0) is 27.7. The van der Waals surface area contributed by atoms with Crippen molar-refractivity contribution in [2.24, 2.45) is 0 Å². The summed E-state index contributed by atoms with van der Waals surface area (Å²) in [6, 6.07) is 1.61. The Morgan fingerprint density at radius 3 is 1.75 bits per heavy atom. The molecule has 1 saturated heterocycles. The topological polar surface area (TPSA) is 45.3 Å². The van der Waals surface area contributed by atoms with Gasteiger partial charge in [-0.2, -0.15) is 0 Å². The van der Waals surface area contributed by atoms with Gasteiger partial charge in [0.2, 0.25) is 0 Å². The lowest BCUT2D eigenvalue weighted by Crippen LogP contribution is -2.58. The molecule has 0 unspecified atom stereocenters. The van der Waals surface area contributed by atoms with Crippen molar-refractivity contribution in [2.45, 2.75) is 144 Å². The van der Waals surface area contributed by atoms with Gasteiger partial charge in [-0.05, 0) is 102 Å². The van der Waals surface area contributed by atoms with E-state index in [1.807, 2.05) is 0 Å². The number of thioether (sulfide) groups is 1. The van der Waals surface area contributed by atoms with Gasteiger partial charge in [0.15, 0.2) is 13.6 Å². The molecule has 0 aromatic heterocycles. The van der Waals surface area contributed by atoms with Gasteiger partial charge in [0.1, 0.15) is 0 Å². The van der Waals surface area contributed by atoms with E-state index in [1.165, 1.54) is 31.0 Å². The molecular weight excluding hydrogens is 489 g/mol. The third-order valence-corrected chi connectivity index (χ3v) is 11.0. The van der Waals surface area contributed by atoms with Gasteiger partial charge in [-0.25, -0.2) is 9.34 Å². The van der Waals surface area contributed by atoms with Gasteiger partial charge in [-0.1, -0.05) is 11.8 Å². The van der Waals surface area contributed by atoms with Crippen LogP contribution in [0.3, 0.4) is 0 Å². The highest BCUT2D eigenvalue weighted by atomic mass is 32.2. The SMILES string of the molecule is CC(C)N(C(C)C)P(OCCOCCSC(=O)CCN1C(C)(C)CCCC1(C)C)N(C(C)C)C(C)C. The van der Waals surface area contributed by atoms with Crippen LogP contribution < -0.4 is 0 Å². The summed E-state index contributed by atoms with van der Waals surface area (Å²) in [5, 5.41) is 0.268. The molecule has 0 radical (unpaired) electrons. The van der Waals surface area contributed by atoms with Crippen molar-refractivity contribution in [1.82, 2.24) is 14.2 Å². The molecular formula is C28H58N3O3PS. The third-order valence-electron chi connectivity index (χ3n) is 7.01. The van der Waals surface area contributed by atoms with Gasteiger partial charge >= 0.3 is 0 Å². The minimum absolute atomic E-state index is 0.163. The normalized spacial score (nSPS) is 18.6. The van der Waals surface area contributed by atoms with Gasteiger partial charge in [-0.3, -0.25) is 9.69 Å². The Hall–Kier alpha value is 0.250. The standard InChI is InChI=1S/C28H58N3O3PS/c1-22(2)30(23(3)4)35(31(24(5)6)25(7)8)34-19-18-33-20-21-36-26(32)14-17-29-27(9,10)15-13-16-28(29,11)12/h22-25H,13-21H2,1-12H3. The van der Waals surface area contributed by atoms with Crippen LogP contribution >= 0.6 is 20.2 Å². The average Bonchev–Trinajstić information content (AvgIpc) is 2.70. The highest BCUT2D eigenvalue weighted by Gasteiger charge is 2.41. The number of piperidine rings is 1. The lowest BCUT2D eigenvalue weighted by molar-refractivity contribution is -0.112. The lowest BCUT2D eigenvalue weighted by atomic mass is 9.80. The van der Waals surface area contributed by atoms with E-state index in [1.54, 1.807) is 0 Å². The molecule has 0 saturated carbocycles. The van der Waals surface area contributed by atoms with E-state index in [2.05, 4.69) is 97.3 Å². The largest absolute Gasteiger partial charge is 0.378 e. The molecule has 1 heterocycles. The molecule has 0 aliphatic carbocycles. The fourth-order valence-corrected chi connectivity index (χ4v) is 8.64. The predicted octanol–water partition coefficient (Wildman–Crippen LogP) is 7.18. The van der Waals surface area contributed by atoms with Crippen LogP contribution in [0.1, 0.15) is 109 Å². The Bertz CT molecular complexity index is 592. The molecule has 0 amide bonds. The second kappa shape index (κ2) is 15.7. The van der Waals surface area contributed by atoms with Crippen LogP contribution in [0.15, 0.2) is 0 Å². The molecule has 0 aromatic carbocycles. The maximum absolute atomic E-state index is 12.5. The van der Waals surface area contributed by atoms with Crippen LogP contribution in [-0.2, 0) is 14.1 Å². The summed E-state index contributed by atoms with van der Waals surface area (Å²) in [6.45, 7) is 29.8. The summed E-state index contributed by atoms with van der Waals surface area (Å²) in [7, 11) is -0.885. The quantitative estimate of drug-likeness (QED) is 0.150. The smallest absolute Gasteiger partial charge is 0.190 e. The Labute approximate surface area is 229 Å². The Morgan fingerprint density at radius 2 is 1.31 bits per heavy atom. The van der Waals surface area contributed by atoms with Gasteiger partial charge in [0.05, 0.1) is 19.8 Å². The van der Waals surface area contributed by atoms with E-state index >= 15 is 0 Å². The molecule has 1 fully saturated rings. The van der Waals surface area contributed by atoms with E-state index in [0.717, 1.165) is 6.54 Å². The van der Waals surface area contributed by atoms with Crippen LogP contribution in [-0.4, -0.2) is 86.7 Å². The van der Waals surface area contributed by atoms with Crippen LogP contribution in [0.4, 0.5) is 0 Å². The number of nitrogens with zero attached hydrogens (tertiary/aromatic N) is 3. The number of carbonyl (C=O) groups excluding carboxylic acids is 1. The maximum Gasteiger partial charge on any atom is 0.190 e. The van der Waals surface area contributed by atoms with Gasteiger partial charge < -0.3 is 9.26 Å². The minimum atomic E-state index is -0.885. The van der Waals surface area contributed by atoms with Crippen LogP contribution in [0.25, 0.3) is 0 Å². The van der Waals surface area contributed by atoms with Crippen molar-refractivity contribution >= 4 is 25.3 Å². The number of hydrogen-bond donors (Lipinski definition) is 0. The summed E-state index contributed by atoms with van der Waals surface area (Å²) in [5.74, 6) is 0.703. The molecule has 0 spiro atoms. The number of likely N-dealkylation sites (tertiary alicyclic amines) is 1. The van der Waals surface area contributed by atoms with E-state index in [-0.39, 0.29) is 16.2 Å². The molecule has 36 heavy (non-hydrogen) atoms. The molecule has 0 bridgehead atoms. The van der Waals surface area contributed by atoms with Crippen LogP contribution in [0.2, 0.25) is 0 Å². The van der Waals surface area contributed by atoms with Gasteiger partial charge in [0.25, 0.3) is 0 Å². The van der Waals surface area contributed by atoms with Crippen LogP contribution in [0, 0.1) is 0 Å². The zero-order valence-electron chi connectivity index (χ0n) is 25.6. The fourth-order valence-electron chi connectivity index (χ4n) is 5.65. The van der Waals surface area contributed by atoms with Gasteiger partial charge in [0, 0.05) is 54.0 Å². The van der Waals surface area contributed by atoms with Crippen molar-refractivity contribution < 1.29 is 14.1 Å². The zero-order valence-corrected chi connectivity index (χ0v) is 27.3. The Morgan fingerprint density at radius 1 is 0.833 bits per heavy atom. The number of ether oxygens (including phenoxy) is 1. The first-order chi connectivity index (χ1) is 16.6. The highest BCUT2D eigenvalue weighted by molar-refractivity contribution is 8.13. The number of hydrogen-bond acceptors (Lipinski definition) is 7. The third kappa shape index (κ3) is 10.8. The van der Waals surface area contributed by atoms with E-state index in [4.69, 9.17) is 9.26 Å². The minimum Gasteiger partial charge on any atom is -0.378 e. The van der Waals surface area contributed by atoms with E-state index < -0.39 is 8.45 Å². The monoisotopic (exact) mass is 547 g/mol. The number of rotatable bonds is 16. The average molecular weight is 548 g/mol. The van der Waals surface area contributed by atoms with Crippen molar-refractivity contribution in [1.29, 1.82) is 0 Å². The van der Waals surface area contributed by atoms with Crippen molar-refractivity contribution in [3.8, 4) is 0 Å². The molecule has 0 aromatic rings. The van der Waals surface area contributed by atoms with Crippen molar-refractivity contribution in [2.75, 3.05) is 32.1 Å². The second-order valence-corrected chi connectivity index (χ2v) is 15.3. The van der Waals surface area contributed by atoms with E-state index in [0.29, 0.717) is 56.2 Å². The molecule has 214 valence electrons. The van der Waals surface area contributed by atoms with Gasteiger partial charge in [-0.15, -0.1) is 0 Å². The summed E-state index contributed by atoms with van der Waals surface area (Å²) in [6.07, 6.45) is 4.27. The van der Waals surface area contributed by atoms with E-state index in [9.17, 15) is 4.79 Å². The molecule has 8 heteroatoms. The molecule has 0 atom stereocenters. The molecule has 0 N–H and O–H groups in total. The summed E-state index contributed by atoms with van der Waals surface area (Å²) in [4.78, 5) is 15.1. The molecule has 1 aliphatic heterocycles. The number of carbonyl (C=O) groups is 1. The Balaban J connectivity index is 2.44. The van der Waals surface area contributed by atoms with Crippen LogP contribution in [0.5, 0.6) is 0 Å². The maximum atomic E-state index is 12.5. The first-order valence-electron chi connectivity index (χ1n) is 14.1. The lowest BCUT2D eigenvalue weighted by Gasteiger charge is -2.53. The Kier molecular flexibility index (Phi) is 15.0. The first kappa shape index (κ1) is 34.3. The summed E-state index contributed by atoms with van der Waals surface area (Å²) < 4.78 is 17.3. The highest BCUT2D eigenvalue weighted by Crippen LogP contribution is 2.50. The first-order valence-corrected chi connectivity index (χ1v) is 16.3. The molecule has 1 aliphatic rings.